The average Bonchev–Trinajstić information content (AvgIpc) is 2.56. The smallest absolute Gasteiger partial charge is 0.226 e. The molecule has 134 valence electrons. The molecule has 2 aromatic carbocycles. The molecular weight excluding hydrogens is 336 g/mol. The zero-order chi connectivity index (χ0) is 18.4. The predicted octanol–water partition coefficient (Wildman–Crippen LogP) is 5.22. The van der Waals surface area contributed by atoms with Crippen molar-refractivity contribution in [1.82, 2.24) is 0 Å². The van der Waals surface area contributed by atoms with Crippen LogP contribution < -0.4 is 15.4 Å². The van der Waals surface area contributed by atoms with Crippen LogP contribution in [-0.2, 0) is 4.79 Å². The Balaban J connectivity index is 1.93. The number of benzene rings is 2. The molecule has 0 fully saturated rings. The number of hydrogen-bond acceptors (Lipinski definition) is 3. The Bertz CT molecular complexity index is 744. The molecule has 4 nitrogen and oxygen atoms in total. The normalized spacial score (nSPS) is 10.6. The number of ether oxygens (including phenoxy) is 1. The summed E-state index contributed by atoms with van der Waals surface area (Å²) in [5.41, 5.74) is 4.02. The van der Waals surface area contributed by atoms with E-state index in [0.29, 0.717) is 29.7 Å². The molecule has 0 aliphatic carbocycles. The summed E-state index contributed by atoms with van der Waals surface area (Å²) in [6, 6.07) is 11.6. The first-order chi connectivity index (χ1) is 11.9. The summed E-state index contributed by atoms with van der Waals surface area (Å²) < 4.78 is 5.13. The van der Waals surface area contributed by atoms with Crippen LogP contribution in [0.3, 0.4) is 0 Å². The Morgan fingerprint density at radius 1 is 1.24 bits per heavy atom. The van der Waals surface area contributed by atoms with E-state index in [1.807, 2.05) is 25.1 Å². The standard InChI is InChI=1S/C20H25ClN2O2/c1-13(2)16-7-5-6-14(3)20(16)23-19(24)10-11-22-15-8-9-18(25-4)17(21)12-15/h5-9,12-13,22H,10-11H2,1-4H3,(H,23,24). The number of halogens is 1. The Labute approximate surface area is 154 Å². The van der Waals surface area contributed by atoms with Crippen LogP contribution in [0, 0.1) is 6.92 Å². The molecule has 0 heterocycles. The van der Waals surface area contributed by atoms with E-state index in [1.165, 1.54) is 0 Å². The van der Waals surface area contributed by atoms with Gasteiger partial charge in [0.1, 0.15) is 5.75 Å². The number of hydrogen-bond donors (Lipinski definition) is 2. The summed E-state index contributed by atoms with van der Waals surface area (Å²) in [6.45, 7) is 6.79. The second kappa shape index (κ2) is 8.77. The lowest BCUT2D eigenvalue weighted by Gasteiger charge is -2.16. The van der Waals surface area contributed by atoms with E-state index < -0.39 is 0 Å². The highest BCUT2D eigenvalue weighted by Crippen LogP contribution is 2.28. The first-order valence-electron chi connectivity index (χ1n) is 8.39. The van der Waals surface area contributed by atoms with Crippen molar-refractivity contribution >= 4 is 28.9 Å². The molecule has 1 amide bonds. The second-order valence-electron chi connectivity index (χ2n) is 6.27. The van der Waals surface area contributed by atoms with Gasteiger partial charge >= 0.3 is 0 Å². The predicted molar refractivity (Wildman–Crippen MR) is 105 cm³/mol. The molecule has 0 unspecified atom stereocenters. The van der Waals surface area contributed by atoms with E-state index in [9.17, 15) is 4.79 Å². The van der Waals surface area contributed by atoms with Crippen molar-refractivity contribution in [2.75, 3.05) is 24.3 Å². The van der Waals surface area contributed by atoms with Crippen LogP contribution in [0.5, 0.6) is 5.75 Å². The first-order valence-corrected chi connectivity index (χ1v) is 8.77. The fraction of sp³-hybridized carbons (Fsp3) is 0.350. The third-order valence-corrected chi connectivity index (χ3v) is 4.32. The monoisotopic (exact) mass is 360 g/mol. The fourth-order valence-electron chi connectivity index (χ4n) is 2.64. The molecule has 0 aromatic heterocycles. The highest BCUT2D eigenvalue weighted by atomic mass is 35.5. The van der Waals surface area contributed by atoms with Crippen molar-refractivity contribution in [2.45, 2.75) is 33.1 Å². The van der Waals surface area contributed by atoms with Crippen LogP contribution in [0.1, 0.15) is 37.3 Å². The minimum atomic E-state index is -0.0108. The summed E-state index contributed by atoms with van der Waals surface area (Å²) in [4.78, 5) is 12.3. The van der Waals surface area contributed by atoms with E-state index in [0.717, 1.165) is 22.5 Å². The second-order valence-corrected chi connectivity index (χ2v) is 6.68. The molecule has 0 atom stereocenters. The van der Waals surface area contributed by atoms with Crippen LogP contribution in [0.15, 0.2) is 36.4 Å². The third-order valence-electron chi connectivity index (χ3n) is 4.02. The number of rotatable bonds is 7. The molecule has 0 saturated heterocycles. The maximum absolute atomic E-state index is 12.3. The third kappa shape index (κ3) is 5.13. The SMILES string of the molecule is COc1ccc(NCCC(=O)Nc2c(C)cccc2C(C)C)cc1Cl. The molecule has 0 bridgehead atoms. The van der Waals surface area contributed by atoms with Gasteiger partial charge in [-0.15, -0.1) is 0 Å². The number of para-hydroxylation sites is 1. The number of nitrogens with one attached hydrogen (secondary N) is 2. The van der Waals surface area contributed by atoms with Gasteiger partial charge in [-0.05, 0) is 42.2 Å². The van der Waals surface area contributed by atoms with E-state index in [1.54, 1.807) is 19.2 Å². The van der Waals surface area contributed by atoms with E-state index in [-0.39, 0.29) is 5.91 Å². The molecule has 2 N–H and O–H groups in total. The Hall–Kier alpha value is -2.20. The van der Waals surface area contributed by atoms with Gasteiger partial charge in [0.25, 0.3) is 0 Å². The number of aryl methyl sites for hydroxylation is 1. The van der Waals surface area contributed by atoms with Crippen LogP contribution in [-0.4, -0.2) is 19.6 Å². The molecule has 2 aromatic rings. The van der Waals surface area contributed by atoms with Gasteiger partial charge in [-0.3, -0.25) is 4.79 Å². The van der Waals surface area contributed by atoms with E-state index in [2.05, 4.69) is 30.5 Å². The number of carbonyl (C=O) groups excluding carboxylic acids is 1. The Kier molecular flexibility index (Phi) is 6.71. The van der Waals surface area contributed by atoms with Crippen molar-refractivity contribution in [3.8, 4) is 5.75 Å². The lowest BCUT2D eigenvalue weighted by atomic mass is 9.98. The zero-order valence-corrected chi connectivity index (χ0v) is 15.9. The largest absolute Gasteiger partial charge is 0.495 e. The molecule has 0 aliphatic rings. The lowest BCUT2D eigenvalue weighted by molar-refractivity contribution is -0.115. The van der Waals surface area contributed by atoms with Crippen molar-refractivity contribution in [3.05, 3.63) is 52.5 Å². The lowest BCUT2D eigenvalue weighted by Crippen LogP contribution is -2.18. The highest BCUT2D eigenvalue weighted by molar-refractivity contribution is 6.32. The zero-order valence-electron chi connectivity index (χ0n) is 15.2. The topological polar surface area (TPSA) is 50.4 Å². The van der Waals surface area contributed by atoms with Crippen molar-refractivity contribution < 1.29 is 9.53 Å². The summed E-state index contributed by atoms with van der Waals surface area (Å²) in [6.07, 6.45) is 0.371. The molecular formula is C20H25ClN2O2. The maximum Gasteiger partial charge on any atom is 0.226 e. The molecule has 0 spiro atoms. The van der Waals surface area contributed by atoms with Gasteiger partial charge in [-0.2, -0.15) is 0 Å². The van der Waals surface area contributed by atoms with Crippen molar-refractivity contribution in [2.24, 2.45) is 0 Å². The van der Waals surface area contributed by atoms with Gasteiger partial charge in [0.2, 0.25) is 5.91 Å². The van der Waals surface area contributed by atoms with Crippen LogP contribution in [0.2, 0.25) is 5.02 Å². The fourth-order valence-corrected chi connectivity index (χ4v) is 2.90. The molecule has 0 radical (unpaired) electrons. The number of carbonyl (C=O) groups is 1. The van der Waals surface area contributed by atoms with Gasteiger partial charge in [0, 0.05) is 24.3 Å². The number of anilines is 2. The van der Waals surface area contributed by atoms with Crippen LogP contribution >= 0.6 is 11.6 Å². The first kappa shape index (κ1) is 19.1. The molecule has 2 rings (SSSR count). The van der Waals surface area contributed by atoms with Crippen LogP contribution in [0.4, 0.5) is 11.4 Å². The van der Waals surface area contributed by atoms with Gasteiger partial charge in [0.05, 0.1) is 12.1 Å². The summed E-state index contributed by atoms with van der Waals surface area (Å²) in [5.74, 6) is 0.976. The van der Waals surface area contributed by atoms with Gasteiger partial charge < -0.3 is 15.4 Å². The quantitative estimate of drug-likeness (QED) is 0.711. The van der Waals surface area contributed by atoms with Crippen molar-refractivity contribution in [3.63, 3.8) is 0 Å². The summed E-state index contributed by atoms with van der Waals surface area (Å²) >= 11 is 6.10. The van der Waals surface area contributed by atoms with E-state index in [4.69, 9.17) is 16.3 Å². The highest BCUT2D eigenvalue weighted by Gasteiger charge is 2.12. The maximum atomic E-state index is 12.3. The van der Waals surface area contributed by atoms with Gasteiger partial charge in [-0.25, -0.2) is 0 Å². The van der Waals surface area contributed by atoms with Crippen LogP contribution in [0.25, 0.3) is 0 Å². The Morgan fingerprint density at radius 2 is 2.00 bits per heavy atom. The van der Waals surface area contributed by atoms with E-state index >= 15 is 0 Å². The molecule has 25 heavy (non-hydrogen) atoms. The number of methoxy groups -OCH3 is 1. The molecule has 5 heteroatoms. The van der Waals surface area contributed by atoms with Crippen molar-refractivity contribution in [1.29, 1.82) is 0 Å². The Morgan fingerprint density at radius 3 is 2.64 bits per heavy atom. The minimum Gasteiger partial charge on any atom is -0.495 e. The molecule has 0 aliphatic heterocycles. The van der Waals surface area contributed by atoms with Gasteiger partial charge in [0.15, 0.2) is 0 Å². The average molecular weight is 361 g/mol. The van der Waals surface area contributed by atoms with Gasteiger partial charge in [-0.1, -0.05) is 43.6 Å². The summed E-state index contributed by atoms with van der Waals surface area (Å²) in [7, 11) is 1.58. The minimum absolute atomic E-state index is 0.0108. The summed E-state index contributed by atoms with van der Waals surface area (Å²) in [5, 5.41) is 6.80. The molecule has 0 saturated carbocycles. The number of amides is 1.